The smallest absolute Gasteiger partial charge is 0.307 e. The van der Waals surface area contributed by atoms with E-state index in [1.54, 1.807) is 25.5 Å². The molecule has 28 heavy (non-hydrogen) atoms. The predicted molar refractivity (Wildman–Crippen MR) is 105 cm³/mol. The third kappa shape index (κ3) is 3.08. The zero-order chi connectivity index (χ0) is 19.5. The monoisotopic (exact) mass is 372 g/mol. The number of amides is 1. The lowest BCUT2D eigenvalue weighted by Gasteiger charge is -1.98. The molecule has 0 aliphatic carbocycles. The molecular formula is C21H16N4O3. The molecule has 4 aromatic rings. The molecule has 0 saturated carbocycles. The number of fused-ring (bicyclic) bond motifs is 2. The number of aromatic nitrogens is 1. The molecule has 0 radical (unpaired) electrons. The van der Waals surface area contributed by atoms with Gasteiger partial charge in [-0.1, -0.05) is 30.3 Å². The minimum absolute atomic E-state index is 0.142. The van der Waals surface area contributed by atoms with E-state index in [4.69, 9.17) is 14.4 Å². The van der Waals surface area contributed by atoms with Gasteiger partial charge in [-0.25, -0.2) is 5.43 Å². The number of hydrazone groups is 1. The summed E-state index contributed by atoms with van der Waals surface area (Å²) in [5.74, 6) is 0.240. The molecule has 1 amide bonds. The van der Waals surface area contributed by atoms with Crippen LogP contribution in [0, 0.1) is 11.3 Å². The van der Waals surface area contributed by atoms with Crippen molar-refractivity contribution in [1.29, 1.82) is 5.26 Å². The second-order valence-electron chi connectivity index (χ2n) is 6.08. The topological polar surface area (TPSA) is 92.5 Å². The van der Waals surface area contributed by atoms with Gasteiger partial charge in [0.2, 0.25) is 0 Å². The maximum Gasteiger partial charge on any atom is 0.307 e. The molecule has 1 N–H and O–H groups in total. The van der Waals surface area contributed by atoms with Crippen LogP contribution >= 0.6 is 0 Å². The van der Waals surface area contributed by atoms with Crippen molar-refractivity contribution >= 4 is 34.0 Å². The molecule has 0 spiro atoms. The molecule has 7 nitrogen and oxygen atoms in total. The highest BCUT2D eigenvalue weighted by molar-refractivity contribution is 6.01. The molecule has 0 aliphatic heterocycles. The van der Waals surface area contributed by atoms with E-state index in [1.165, 1.54) is 0 Å². The molecule has 138 valence electrons. The van der Waals surface area contributed by atoms with E-state index in [2.05, 4.69) is 16.6 Å². The van der Waals surface area contributed by atoms with Gasteiger partial charge in [-0.3, -0.25) is 4.79 Å². The molecule has 2 aromatic carbocycles. The molecule has 2 aromatic heterocycles. The zero-order valence-corrected chi connectivity index (χ0v) is 15.0. The highest BCUT2D eigenvalue weighted by Gasteiger charge is 2.14. The average Bonchev–Trinajstić information content (AvgIpc) is 3.30. The Labute approximate surface area is 160 Å². The summed E-state index contributed by atoms with van der Waals surface area (Å²) >= 11 is 0. The summed E-state index contributed by atoms with van der Waals surface area (Å²) in [4.78, 5) is 12.4. The maximum atomic E-state index is 12.4. The fourth-order valence-corrected chi connectivity index (χ4v) is 3.11. The number of rotatable bonds is 5. The number of furan rings is 1. The zero-order valence-electron chi connectivity index (χ0n) is 15.0. The first-order valence-corrected chi connectivity index (χ1v) is 8.56. The van der Waals surface area contributed by atoms with E-state index < -0.39 is 5.91 Å². The van der Waals surface area contributed by atoms with Crippen LogP contribution in [0.1, 0.15) is 16.1 Å². The van der Waals surface area contributed by atoms with Gasteiger partial charge in [0.05, 0.1) is 19.4 Å². The summed E-state index contributed by atoms with van der Waals surface area (Å²) in [6.07, 6.45) is 3.38. The Morgan fingerprint density at radius 2 is 2.18 bits per heavy atom. The molecule has 2 heterocycles. The Hall–Kier alpha value is -4.05. The van der Waals surface area contributed by atoms with Gasteiger partial charge in [-0.15, -0.1) is 0 Å². The second kappa shape index (κ2) is 7.29. The van der Waals surface area contributed by atoms with Crippen molar-refractivity contribution in [3.63, 3.8) is 0 Å². The number of hydrogen-bond acceptors (Lipinski definition) is 5. The predicted octanol–water partition coefficient (Wildman–Crippen LogP) is 3.68. The van der Waals surface area contributed by atoms with E-state index in [-0.39, 0.29) is 12.3 Å². The van der Waals surface area contributed by atoms with Gasteiger partial charge in [0.25, 0.3) is 0 Å². The quantitative estimate of drug-likeness (QED) is 0.427. The van der Waals surface area contributed by atoms with E-state index in [1.807, 2.05) is 47.2 Å². The van der Waals surface area contributed by atoms with Crippen molar-refractivity contribution in [2.45, 2.75) is 6.54 Å². The summed E-state index contributed by atoms with van der Waals surface area (Å²) in [6.45, 7) is 0.238. The molecular weight excluding hydrogens is 356 g/mol. The molecule has 0 unspecified atom stereocenters. The summed E-state index contributed by atoms with van der Waals surface area (Å²) in [7, 11) is 1.55. The first kappa shape index (κ1) is 17.4. The van der Waals surface area contributed by atoms with Gasteiger partial charge in [0, 0.05) is 28.0 Å². The van der Waals surface area contributed by atoms with Crippen molar-refractivity contribution in [3.05, 3.63) is 66.1 Å². The van der Waals surface area contributed by atoms with Crippen molar-refractivity contribution in [1.82, 2.24) is 9.99 Å². The summed E-state index contributed by atoms with van der Waals surface area (Å²) in [5, 5.41) is 14.7. The third-order valence-corrected chi connectivity index (χ3v) is 4.38. The van der Waals surface area contributed by atoms with Gasteiger partial charge in [0.1, 0.15) is 6.54 Å². The molecule has 4 rings (SSSR count). The fourth-order valence-electron chi connectivity index (χ4n) is 3.11. The number of benzene rings is 2. The first-order valence-electron chi connectivity index (χ1n) is 8.56. The minimum Gasteiger partial charge on any atom is -0.493 e. The number of carbonyl (C=O) groups excluding carboxylic acids is 1. The van der Waals surface area contributed by atoms with Crippen LogP contribution in [0.4, 0.5) is 0 Å². The largest absolute Gasteiger partial charge is 0.493 e. The minimum atomic E-state index is -0.463. The van der Waals surface area contributed by atoms with Crippen LogP contribution in [-0.2, 0) is 6.54 Å². The van der Waals surface area contributed by atoms with Crippen LogP contribution < -0.4 is 10.2 Å². The van der Waals surface area contributed by atoms with Gasteiger partial charge in [0.15, 0.2) is 17.1 Å². The Kier molecular flexibility index (Phi) is 4.52. The Balaban J connectivity index is 1.56. The normalized spacial score (nSPS) is 11.1. The third-order valence-electron chi connectivity index (χ3n) is 4.38. The first-order chi connectivity index (χ1) is 13.7. The maximum absolute atomic E-state index is 12.4. The number of ether oxygens (including phenoxy) is 1. The number of carbonyl (C=O) groups is 1. The van der Waals surface area contributed by atoms with Gasteiger partial charge in [-0.2, -0.15) is 10.4 Å². The Bertz CT molecular complexity index is 1240. The Morgan fingerprint density at radius 1 is 1.32 bits per heavy atom. The van der Waals surface area contributed by atoms with E-state index in [0.717, 1.165) is 21.9 Å². The van der Waals surface area contributed by atoms with Crippen LogP contribution in [0.2, 0.25) is 0 Å². The van der Waals surface area contributed by atoms with Gasteiger partial charge >= 0.3 is 5.91 Å². The molecule has 0 atom stereocenters. The Morgan fingerprint density at radius 3 is 3.00 bits per heavy atom. The lowest BCUT2D eigenvalue weighted by atomic mass is 10.2. The van der Waals surface area contributed by atoms with Crippen LogP contribution in [-0.4, -0.2) is 23.8 Å². The van der Waals surface area contributed by atoms with Crippen molar-refractivity contribution in [2.75, 3.05) is 7.11 Å². The van der Waals surface area contributed by atoms with Gasteiger partial charge < -0.3 is 13.7 Å². The van der Waals surface area contributed by atoms with Crippen LogP contribution in [0.15, 0.2) is 64.2 Å². The van der Waals surface area contributed by atoms with Crippen molar-refractivity contribution in [3.8, 4) is 11.8 Å². The van der Waals surface area contributed by atoms with E-state index >= 15 is 0 Å². The van der Waals surface area contributed by atoms with Crippen LogP contribution in [0.5, 0.6) is 5.75 Å². The van der Waals surface area contributed by atoms with Crippen LogP contribution in [0.25, 0.3) is 21.9 Å². The molecule has 0 saturated heterocycles. The second-order valence-corrected chi connectivity index (χ2v) is 6.08. The molecule has 0 bridgehead atoms. The lowest BCUT2D eigenvalue weighted by Crippen LogP contribution is -2.16. The number of nitriles is 1. The highest BCUT2D eigenvalue weighted by Crippen LogP contribution is 2.28. The molecule has 0 aliphatic rings. The number of methoxy groups -OCH3 is 1. The standard InChI is InChI=1S/C21H16N4O3/c1-27-18-8-4-5-14-11-19(28-20(14)18)21(26)24-23-12-15-13-25(10-9-22)17-7-3-2-6-16(15)17/h2-8,11-13H,10H2,1H3,(H,24,26)/b23-12-. The van der Waals surface area contributed by atoms with Gasteiger partial charge in [-0.05, 0) is 18.2 Å². The molecule has 0 fully saturated rings. The van der Waals surface area contributed by atoms with E-state index in [9.17, 15) is 4.79 Å². The number of nitrogens with one attached hydrogen (secondary N) is 1. The molecule has 7 heteroatoms. The highest BCUT2D eigenvalue weighted by atomic mass is 16.5. The number of para-hydroxylation sites is 2. The van der Waals surface area contributed by atoms with Crippen molar-refractivity contribution < 1.29 is 13.9 Å². The fraction of sp³-hybridized carbons (Fsp3) is 0.0952. The summed E-state index contributed by atoms with van der Waals surface area (Å²) < 4.78 is 12.7. The number of hydrogen-bond donors (Lipinski definition) is 1. The van der Waals surface area contributed by atoms with E-state index in [0.29, 0.717) is 11.3 Å². The van der Waals surface area contributed by atoms with Crippen LogP contribution in [0.3, 0.4) is 0 Å². The lowest BCUT2D eigenvalue weighted by molar-refractivity contribution is 0.0929. The van der Waals surface area contributed by atoms with Crippen molar-refractivity contribution in [2.24, 2.45) is 5.10 Å². The summed E-state index contributed by atoms with van der Waals surface area (Å²) in [6, 6.07) is 16.9. The SMILES string of the molecule is COc1cccc2cc(C(=O)N/N=C\c3cn(CC#N)c4ccccc34)oc12. The summed E-state index contributed by atoms with van der Waals surface area (Å²) in [5.41, 5.74) is 4.72. The number of nitrogens with zero attached hydrogens (tertiary/aromatic N) is 3. The average molecular weight is 372 g/mol.